The van der Waals surface area contributed by atoms with Crippen molar-refractivity contribution in [2.45, 2.75) is 50.8 Å². The fourth-order valence-electron chi connectivity index (χ4n) is 3.65. The van der Waals surface area contributed by atoms with E-state index < -0.39 is 48.1 Å². The largest absolute Gasteiger partial charge is 0.458 e. The summed E-state index contributed by atoms with van der Waals surface area (Å²) in [5, 5.41) is 20.5. The zero-order valence-electron chi connectivity index (χ0n) is 15.6. The summed E-state index contributed by atoms with van der Waals surface area (Å²) in [6, 6.07) is 0. The summed E-state index contributed by atoms with van der Waals surface area (Å²) in [5.41, 5.74) is -0.213. The van der Waals surface area contributed by atoms with Crippen LogP contribution in [0, 0.1) is 5.92 Å². The topological polar surface area (TPSA) is 102 Å². The lowest BCUT2D eigenvalue weighted by atomic mass is 9.83. The molecular formula is C20H24O7. The predicted octanol–water partition coefficient (Wildman–Crippen LogP) is 1.32. The molecule has 2 bridgehead atoms. The van der Waals surface area contributed by atoms with Gasteiger partial charge in [-0.25, -0.2) is 9.59 Å². The molecule has 0 aromatic heterocycles. The first kappa shape index (κ1) is 19.5. The Hall–Kier alpha value is -2.22. The van der Waals surface area contributed by atoms with Gasteiger partial charge in [0.2, 0.25) is 5.79 Å². The first-order valence-electron chi connectivity index (χ1n) is 8.81. The molecule has 0 radical (unpaired) electrons. The van der Waals surface area contributed by atoms with Crippen molar-refractivity contribution < 1.29 is 34.0 Å². The lowest BCUT2D eigenvalue weighted by molar-refractivity contribution is -0.191. The number of aliphatic hydroxyl groups excluding tert-OH is 1. The number of allylic oxidation sites excluding steroid dienone is 1. The quantitative estimate of drug-likeness (QED) is 0.435. The number of carbonyl (C=O) groups is 2. The Labute approximate surface area is 157 Å². The average Bonchev–Trinajstić information content (AvgIpc) is 3.08. The van der Waals surface area contributed by atoms with E-state index in [0.717, 1.165) is 0 Å². The van der Waals surface area contributed by atoms with Gasteiger partial charge in [-0.1, -0.05) is 18.7 Å². The third kappa shape index (κ3) is 3.38. The maximum Gasteiger partial charge on any atom is 0.334 e. The van der Waals surface area contributed by atoms with Crippen molar-refractivity contribution in [2.24, 2.45) is 5.92 Å². The molecule has 3 aliphatic heterocycles. The highest BCUT2D eigenvalue weighted by atomic mass is 16.6. The summed E-state index contributed by atoms with van der Waals surface area (Å²) >= 11 is 0. The van der Waals surface area contributed by atoms with E-state index in [1.54, 1.807) is 32.9 Å². The third-order valence-electron chi connectivity index (χ3n) is 5.33. The molecule has 0 amide bonds. The number of hydrogen-bond acceptors (Lipinski definition) is 7. The lowest BCUT2D eigenvalue weighted by Crippen LogP contribution is -2.41. The molecular weight excluding hydrogens is 352 g/mol. The highest BCUT2D eigenvalue weighted by Gasteiger charge is 2.52. The van der Waals surface area contributed by atoms with Crippen LogP contribution in [0.25, 0.3) is 0 Å². The minimum absolute atomic E-state index is 0.150. The van der Waals surface area contributed by atoms with Gasteiger partial charge in [0.25, 0.3) is 0 Å². The van der Waals surface area contributed by atoms with Crippen molar-refractivity contribution in [3.63, 3.8) is 0 Å². The molecule has 3 aliphatic rings. The van der Waals surface area contributed by atoms with Crippen molar-refractivity contribution in [3.05, 3.63) is 47.6 Å². The summed E-state index contributed by atoms with van der Waals surface area (Å²) in [6.07, 6.45) is 4.76. The molecule has 27 heavy (non-hydrogen) atoms. The zero-order valence-corrected chi connectivity index (χ0v) is 15.6. The van der Waals surface area contributed by atoms with Crippen LogP contribution in [0.5, 0.6) is 0 Å². The molecule has 0 aromatic carbocycles. The maximum absolute atomic E-state index is 12.4. The molecule has 1 fully saturated rings. The minimum atomic E-state index is -1.82. The number of carbonyl (C=O) groups excluding carboxylic acids is 2. The van der Waals surface area contributed by atoms with Crippen LogP contribution < -0.4 is 0 Å². The first-order valence-corrected chi connectivity index (χ1v) is 8.81. The number of hydrogen-bond donors (Lipinski definition) is 2. The second kappa shape index (κ2) is 6.74. The summed E-state index contributed by atoms with van der Waals surface area (Å²) in [4.78, 5) is 24.5. The van der Waals surface area contributed by atoms with Crippen LogP contribution in [0.4, 0.5) is 0 Å². The fraction of sp³-hybridized carbons (Fsp3) is 0.500. The number of ether oxygens (including phenoxy) is 3. The molecule has 1 saturated heterocycles. The van der Waals surface area contributed by atoms with Crippen LogP contribution in [-0.2, 0) is 23.8 Å². The van der Waals surface area contributed by atoms with Crippen molar-refractivity contribution in [2.75, 3.05) is 6.61 Å². The standard InChI is InChI=1S/C20H24O7/c1-5-11(2)17(22)26-15-9-19(4)6-7-20(24,27-19)13(10-21)8-14-16(15)12(3)18(23)25-14/h5-8,14-16,21,24H,3,9-10H2,1-2,4H3/b11-5?,13-8-. The van der Waals surface area contributed by atoms with Crippen molar-refractivity contribution >= 4 is 11.9 Å². The fourth-order valence-corrected chi connectivity index (χ4v) is 3.65. The van der Waals surface area contributed by atoms with E-state index in [9.17, 15) is 19.8 Å². The highest BCUT2D eigenvalue weighted by molar-refractivity contribution is 5.92. The Bertz CT molecular complexity index is 777. The van der Waals surface area contributed by atoms with Crippen LogP contribution in [0.1, 0.15) is 27.2 Å². The molecule has 0 aromatic rings. The van der Waals surface area contributed by atoms with Gasteiger partial charge in [0, 0.05) is 23.1 Å². The van der Waals surface area contributed by atoms with E-state index in [0.29, 0.717) is 5.57 Å². The van der Waals surface area contributed by atoms with Gasteiger partial charge in [0.1, 0.15) is 12.2 Å². The molecule has 7 nitrogen and oxygen atoms in total. The number of aliphatic hydroxyl groups is 2. The Morgan fingerprint density at radius 1 is 1.48 bits per heavy atom. The number of fused-ring (bicyclic) bond motifs is 3. The van der Waals surface area contributed by atoms with Gasteiger partial charge in [-0.15, -0.1) is 0 Å². The number of esters is 2. The van der Waals surface area contributed by atoms with Crippen LogP contribution in [0.3, 0.4) is 0 Å². The molecule has 5 unspecified atom stereocenters. The Morgan fingerprint density at radius 2 is 2.19 bits per heavy atom. The van der Waals surface area contributed by atoms with Crippen molar-refractivity contribution in [3.8, 4) is 0 Å². The number of rotatable bonds is 3. The van der Waals surface area contributed by atoms with E-state index in [1.165, 1.54) is 12.2 Å². The van der Waals surface area contributed by atoms with Crippen LogP contribution >= 0.6 is 0 Å². The third-order valence-corrected chi connectivity index (χ3v) is 5.33. The molecule has 3 rings (SSSR count). The average molecular weight is 376 g/mol. The predicted molar refractivity (Wildman–Crippen MR) is 95.2 cm³/mol. The van der Waals surface area contributed by atoms with Crippen LogP contribution in [-0.4, -0.2) is 52.4 Å². The van der Waals surface area contributed by atoms with Crippen LogP contribution in [0.15, 0.2) is 47.6 Å². The summed E-state index contributed by atoms with van der Waals surface area (Å²) in [5.74, 6) is -3.58. The second-order valence-electron chi connectivity index (χ2n) is 7.34. The molecule has 0 aliphatic carbocycles. The SMILES string of the molecule is C=C1C(=O)OC2/C=C(/CO)C3(O)C=CC(C)(CC(OC(=O)C(C)=CC)C12)O3. The van der Waals surface area contributed by atoms with Crippen molar-refractivity contribution in [1.82, 2.24) is 0 Å². The van der Waals surface area contributed by atoms with Gasteiger partial charge in [-0.2, -0.15) is 0 Å². The zero-order chi connectivity index (χ0) is 20.0. The summed E-state index contributed by atoms with van der Waals surface area (Å²) in [7, 11) is 0. The Morgan fingerprint density at radius 3 is 2.81 bits per heavy atom. The molecule has 5 atom stereocenters. The molecule has 0 saturated carbocycles. The monoisotopic (exact) mass is 376 g/mol. The van der Waals surface area contributed by atoms with Gasteiger partial charge in [0.15, 0.2) is 0 Å². The first-order chi connectivity index (χ1) is 12.6. The van der Waals surface area contributed by atoms with E-state index in [2.05, 4.69) is 6.58 Å². The Kier molecular flexibility index (Phi) is 4.88. The molecule has 146 valence electrons. The highest BCUT2D eigenvalue weighted by Crippen LogP contribution is 2.44. The minimum Gasteiger partial charge on any atom is -0.458 e. The van der Waals surface area contributed by atoms with E-state index in [4.69, 9.17) is 14.2 Å². The molecule has 3 heterocycles. The normalized spacial score (nSPS) is 40.4. The van der Waals surface area contributed by atoms with Gasteiger partial charge < -0.3 is 24.4 Å². The molecule has 2 N–H and O–H groups in total. The van der Waals surface area contributed by atoms with Gasteiger partial charge in [-0.05, 0) is 32.9 Å². The Balaban J connectivity index is 2.07. The van der Waals surface area contributed by atoms with Crippen LogP contribution in [0.2, 0.25) is 0 Å². The molecule has 7 heteroatoms. The smallest absolute Gasteiger partial charge is 0.334 e. The van der Waals surface area contributed by atoms with E-state index in [1.807, 2.05) is 0 Å². The summed E-state index contributed by atoms with van der Waals surface area (Å²) in [6.45, 7) is 8.41. The van der Waals surface area contributed by atoms with E-state index in [-0.39, 0.29) is 17.6 Å². The molecule has 0 spiro atoms. The van der Waals surface area contributed by atoms with Gasteiger partial charge >= 0.3 is 11.9 Å². The van der Waals surface area contributed by atoms with Crippen molar-refractivity contribution in [1.29, 1.82) is 0 Å². The lowest BCUT2D eigenvalue weighted by Gasteiger charge is -2.33. The summed E-state index contributed by atoms with van der Waals surface area (Å²) < 4.78 is 16.9. The van der Waals surface area contributed by atoms with Gasteiger partial charge in [-0.3, -0.25) is 0 Å². The maximum atomic E-state index is 12.4. The van der Waals surface area contributed by atoms with E-state index >= 15 is 0 Å². The van der Waals surface area contributed by atoms with Gasteiger partial charge in [0.05, 0.1) is 18.1 Å². The second-order valence-corrected chi connectivity index (χ2v) is 7.34.